The first-order valence-corrected chi connectivity index (χ1v) is 9.79. The largest absolute Gasteiger partial charge is 0.316 e. The van der Waals surface area contributed by atoms with Crippen molar-refractivity contribution in [3.63, 3.8) is 0 Å². The summed E-state index contributed by atoms with van der Waals surface area (Å²) in [7, 11) is 0. The van der Waals surface area contributed by atoms with E-state index in [2.05, 4.69) is 43.4 Å². The zero-order valence-corrected chi connectivity index (χ0v) is 15.5. The van der Waals surface area contributed by atoms with Gasteiger partial charge in [-0.1, -0.05) is 30.2 Å². The number of thiophene rings is 1. The molecule has 2 aliphatic rings. The van der Waals surface area contributed by atoms with Crippen LogP contribution in [0, 0.1) is 42.9 Å². The van der Waals surface area contributed by atoms with Crippen LogP contribution in [0.3, 0.4) is 0 Å². The molecule has 4 rings (SSSR count). The van der Waals surface area contributed by atoms with Crippen molar-refractivity contribution < 1.29 is 4.79 Å². The summed E-state index contributed by atoms with van der Waals surface area (Å²) < 4.78 is 0. The van der Waals surface area contributed by atoms with Crippen LogP contribution in [-0.4, -0.2) is 5.91 Å². The maximum Gasteiger partial charge on any atom is 0.228 e. The van der Waals surface area contributed by atoms with Crippen LogP contribution in [0.15, 0.2) is 24.3 Å². The van der Waals surface area contributed by atoms with Gasteiger partial charge < -0.3 is 5.32 Å². The Labute approximate surface area is 152 Å². The van der Waals surface area contributed by atoms with Gasteiger partial charge in [-0.2, -0.15) is 5.26 Å². The summed E-state index contributed by atoms with van der Waals surface area (Å²) in [6.07, 6.45) is 4.70. The van der Waals surface area contributed by atoms with Crippen LogP contribution >= 0.6 is 11.3 Å². The number of benzene rings is 1. The van der Waals surface area contributed by atoms with Crippen molar-refractivity contribution in [2.45, 2.75) is 39.5 Å². The van der Waals surface area contributed by atoms with Crippen LogP contribution in [0.5, 0.6) is 0 Å². The highest BCUT2D eigenvalue weighted by molar-refractivity contribution is 7.19. The van der Waals surface area contributed by atoms with E-state index in [0.717, 1.165) is 22.8 Å². The van der Waals surface area contributed by atoms with Crippen molar-refractivity contribution in [1.29, 1.82) is 5.26 Å². The average Bonchev–Trinajstić information content (AvgIpc) is 3.32. The van der Waals surface area contributed by atoms with E-state index in [4.69, 9.17) is 0 Å². The van der Waals surface area contributed by atoms with Gasteiger partial charge in [0.1, 0.15) is 11.1 Å². The third-order valence-electron chi connectivity index (χ3n) is 5.82. The minimum Gasteiger partial charge on any atom is -0.316 e. The normalized spacial score (nSPS) is 24.3. The molecule has 0 saturated heterocycles. The summed E-state index contributed by atoms with van der Waals surface area (Å²) in [5.41, 5.74) is 4.08. The number of fused-ring (bicyclic) bond motifs is 2. The van der Waals surface area contributed by atoms with E-state index < -0.39 is 0 Å². The Balaban J connectivity index is 1.60. The predicted octanol–water partition coefficient (Wildman–Crippen LogP) is 5.28. The highest BCUT2D eigenvalue weighted by Gasteiger charge is 2.43. The summed E-state index contributed by atoms with van der Waals surface area (Å²) in [5, 5.41) is 13.3. The molecule has 1 heterocycles. The molecule has 3 nitrogen and oxygen atoms in total. The van der Waals surface area contributed by atoms with Gasteiger partial charge in [0.2, 0.25) is 5.91 Å². The number of amides is 1. The third-order valence-corrected chi connectivity index (χ3v) is 6.91. The molecule has 4 heteroatoms. The number of anilines is 1. The Morgan fingerprint density at radius 1 is 1.24 bits per heavy atom. The molecule has 25 heavy (non-hydrogen) atoms. The SMILES string of the molecule is Cc1ccc(C)c(-c2cc(C#N)c(NC(=O)[C@@H]3C[C@H]4CC[C@@H]3C4)s2)c1. The van der Waals surface area contributed by atoms with Crippen LogP contribution in [0.2, 0.25) is 0 Å². The monoisotopic (exact) mass is 350 g/mol. The molecule has 1 aromatic heterocycles. The van der Waals surface area contributed by atoms with Crippen LogP contribution in [0.4, 0.5) is 5.00 Å². The van der Waals surface area contributed by atoms with Crippen molar-refractivity contribution in [3.05, 3.63) is 41.0 Å². The molecular weight excluding hydrogens is 328 g/mol. The van der Waals surface area contributed by atoms with E-state index in [-0.39, 0.29) is 11.8 Å². The summed E-state index contributed by atoms with van der Waals surface area (Å²) >= 11 is 1.51. The lowest BCUT2D eigenvalue weighted by molar-refractivity contribution is -0.121. The summed E-state index contributed by atoms with van der Waals surface area (Å²) in [6, 6.07) is 10.5. The van der Waals surface area contributed by atoms with E-state index in [0.29, 0.717) is 16.5 Å². The number of nitrogens with one attached hydrogen (secondary N) is 1. The number of rotatable bonds is 3. The first-order valence-electron chi connectivity index (χ1n) is 8.97. The zero-order valence-electron chi connectivity index (χ0n) is 14.6. The van der Waals surface area contributed by atoms with Crippen molar-refractivity contribution in [3.8, 4) is 16.5 Å². The maximum atomic E-state index is 12.7. The van der Waals surface area contributed by atoms with E-state index >= 15 is 0 Å². The molecule has 2 bridgehead atoms. The van der Waals surface area contributed by atoms with Crippen LogP contribution in [-0.2, 0) is 4.79 Å². The van der Waals surface area contributed by atoms with Gasteiger partial charge in [0.05, 0.1) is 5.56 Å². The second-order valence-corrected chi connectivity index (χ2v) is 8.61. The van der Waals surface area contributed by atoms with E-state index in [1.54, 1.807) is 0 Å². The lowest BCUT2D eigenvalue weighted by Gasteiger charge is -2.20. The summed E-state index contributed by atoms with van der Waals surface area (Å²) in [6.45, 7) is 4.15. The molecule has 2 fully saturated rings. The Morgan fingerprint density at radius 2 is 2.08 bits per heavy atom. The quantitative estimate of drug-likeness (QED) is 0.819. The number of nitriles is 1. The summed E-state index contributed by atoms with van der Waals surface area (Å²) in [5.74, 6) is 1.54. The number of nitrogens with zero attached hydrogens (tertiary/aromatic N) is 1. The zero-order chi connectivity index (χ0) is 17.6. The van der Waals surface area contributed by atoms with Gasteiger partial charge in [0.25, 0.3) is 0 Å². The molecule has 0 spiro atoms. The van der Waals surface area contributed by atoms with Crippen molar-refractivity contribution in [1.82, 2.24) is 0 Å². The summed E-state index contributed by atoms with van der Waals surface area (Å²) in [4.78, 5) is 13.8. The van der Waals surface area contributed by atoms with E-state index in [9.17, 15) is 10.1 Å². The fraction of sp³-hybridized carbons (Fsp3) is 0.429. The first kappa shape index (κ1) is 16.4. The molecule has 2 aliphatic carbocycles. The molecule has 3 atom stereocenters. The smallest absolute Gasteiger partial charge is 0.228 e. The average molecular weight is 350 g/mol. The van der Waals surface area contributed by atoms with E-state index in [1.807, 2.05) is 6.07 Å². The predicted molar refractivity (Wildman–Crippen MR) is 102 cm³/mol. The highest BCUT2D eigenvalue weighted by atomic mass is 32.1. The molecule has 0 unspecified atom stereocenters. The standard InChI is InChI=1S/C21H22N2OS/c1-12-3-4-13(2)17(7-12)19-10-16(11-22)21(25-19)23-20(24)18-9-14-5-6-15(18)8-14/h3-4,7,10,14-15,18H,5-6,8-9H2,1-2H3,(H,23,24)/t14-,15+,18+/m0/s1. The van der Waals surface area contributed by atoms with Crippen molar-refractivity contribution >= 4 is 22.2 Å². The number of hydrogen-bond acceptors (Lipinski definition) is 3. The Kier molecular flexibility index (Phi) is 4.13. The van der Waals surface area contributed by atoms with Gasteiger partial charge in [0, 0.05) is 10.8 Å². The molecule has 2 saturated carbocycles. The first-order chi connectivity index (χ1) is 12.0. The van der Waals surface area contributed by atoms with Gasteiger partial charge >= 0.3 is 0 Å². The van der Waals surface area contributed by atoms with Crippen molar-refractivity contribution in [2.24, 2.45) is 17.8 Å². The van der Waals surface area contributed by atoms with Gasteiger partial charge in [0.15, 0.2) is 0 Å². The van der Waals surface area contributed by atoms with Crippen LogP contribution in [0.1, 0.15) is 42.4 Å². The van der Waals surface area contributed by atoms with Crippen LogP contribution < -0.4 is 5.32 Å². The second-order valence-electron chi connectivity index (χ2n) is 7.55. The second kappa shape index (κ2) is 6.31. The van der Waals surface area contributed by atoms with Gasteiger partial charge in [-0.05, 0) is 62.1 Å². The minimum absolute atomic E-state index is 0.109. The van der Waals surface area contributed by atoms with Crippen molar-refractivity contribution in [2.75, 3.05) is 5.32 Å². The van der Waals surface area contributed by atoms with Gasteiger partial charge in [-0.25, -0.2) is 0 Å². The fourth-order valence-electron chi connectivity index (χ4n) is 4.47. The van der Waals surface area contributed by atoms with Gasteiger partial charge in [-0.15, -0.1) is 11.3 Å². The lowest BCUT2D eigenvalue weighted by atomic mass is 9.88. The molecule has 0 radical (unpaired) electrons. The molecular formula is C21H22N2OS. The number of carbonyl (C=O) groups excluding carboxylic acids is 1. The Hall–Kier alpha value is -2.12. The molecule has 0 aliphatic heterocycles. The fourth-order valence-corrected chi connectivity index (χ4v) is 5.56. The number of hydrogen-bond donors (Lipinski definition) is 1. The van der Waals surface area contributed by atoms with E-state index in [1.165, 1.54) is 41.7 Å². The van der Waals surface area contributed by atoms with Crippen LogP contribution in [0.25, 0.3) is 10.4 Å². The maximum absolute atomic E-state index is 12.7. The molecule has 1 amide bonds. The highest BCUT2D eigenvalue weighted by Crippen LogP contribution is 2.49. The number of carbonyl (C=O) groups is 1. The molecule has 2 aromatic rings. The number of aryl methyl sites for hydroxylation is 2. The lowest BCUT2D eigenvalue weighted by Crippen LogP contribution is -2.27. The molecule has 1 N–H and O–H groups in total. The Bertz CT molecular complexity index is 877. The van der Waals surface area contributed by atoms with Gasteiger partial charge in [-0.3, -0.25) is 4.79 Å². The molecule has 1 aromatic carbocycles. The molecule has 128 valence electrons. The Morgan fingerprint density at radius 3 is 2.76 bits per heavy atom. The third kappa shape index (κ3) is 2.98. The topological polar surface area (TPSA) is 52.9 Å². The minimum atomic E-state index is 0.109.